The molecule has 0 aliphatic rings. The van der Waals surface area contributed by atoms with Crippen LogP contribution >= 0.6 is 0 Å². The summed E-state index contributed by atoms with van der Waals surface area (Å²) in [5.41, 5.74) is -0.0859. The fourth-order valence-corrected chi connectivity index (χ4v) is 3.34. The number of H-pyrrole nitrogens is 1. The number of nitrogens with one attached hydrogen (secondary N) is 1. The number of benzene rings is 2. The largest absolute Gasteiger partial charge is 0.491 e. The number of aromatic amines is 1. The molecule has 2 aromatic heterocycles. The molecule has 0 unspecified atom stereocenters. The van der Waals surface area contributed by atoms with Crippen molar-refractivity contribution in [2.75, 3.05) is 6.61 Å². The normalized spacial score (nSPS) is 12.0. The van der Waals surface area contributed by atoms with Crippen molar-refractivity contribution in [2.45, 2.75) is 19.6 Å². The van der Waals surface area contributed by atoms with Crippen molar-refractivity contribution < 1.29 is 19.4 Å². The standard InChI is InChI=1S/C23H22N4O6/c1-14-7-6-10-17(11-14)32-13-16(28)12-27-18-19(26(2)22(31)25-20(18)29)24-23(27)33-21(30)15-8-4-3-5-9-15/h3-11,16,28H,12-13H2,1-2H3,(H,25,29,31)/t16-/m1/s1. The van der Waals surface area contributed by atoms with Crippen molar-refractivity contribution in [1.82, 2.24) is 19.1 Å². The summed E-state index contributed by atoms with van der Waals surface area (Å²) in [5.74, 6) is -0.111. The predicted octanol–water partition coefficient (Wildman–Crippen LogP) is 1.39. The first-order valence-electron chi connectivity index (χ1n) is 10.2. The molecule has 170 valence electrons. The van der Waals surface area contributed by atoms with Gasteiger partial charge in [0, 0.05) is 7.05 Å². The number of carbonyl (C=O) groups is 1. The third kappa shape index (κ3) is 4.70. The highest BCUT2D eigenvalue weighted by atomic mass is 16.6. The van der Waals surface area contributed by atoms with Gasteiger partial charge in [-0.1, -0.05) is 30.3 Å². The number of aryl methyl sites for hydroxylation is 2. The number of hydrogen-bond donors (Lipinski definition) is 2. The topological polar surface area (TPSA) is 128 Å². The first kappa shape index (κ1) is 22.0. The number of aliphatic hydroxyl groups excluding tert-OH is 1. The number of aromatic nitrogens is 4. The smallest absolute Gasteiger partial charge is 0.345 e. The van der Waals surface area contributed by atoms with Crippen LogP contribution in [-0.4, -0.2) is 42.9 Å². The lowest BCUT2D eigenvalue weighted by molar-refractivity contribution is 0.0684. The van der Waals surface area contributed by atoms with E-state index >= 15 is 0 Å². The van der Waals surface area contributed by atoms with E-state index in [4.69, 9.17) is 9.47 Å². The zero-order chi connectivity index (χ0) is 23.5. The molecular weight excluding hydrogens is 428 g/mol. The number of carbonyl (C=O) groups excluding carboxylic acids is 1. The van der Waals surface area contributed by atoms with E-state index in [2.05, 4.69) is 9.97 Å². The van der Waals surface area contributed by atoms with Crippen LogP contribution < -0.4 is 20.7 Å². The van der Waals surface area contributed by atoms with Gasteiger partial charge >= 0.3 is 17.7 Å². The third-order valence-corrected chi connectivity index (χ3v) is 4.99. The minimum absolute atomic E-state index is 0.0115. The second-order valence-corrected chi connectivity index (χ2v) is 7.53. The van der Waals surface area contributed by atoms with E-state index in [1.807, 2.05) is 25.1 Å². The molecule has 0 saturated heterocycles. The summed E-state index contributed by atoms with van der Waals surface area (Å²) in [6, 6.07) is 15.4. The Bertz CT molecular complexity index is 1420. The fourth-order valence-electron chi connectivity index (χ4n) is 3.34. The Balaban J connectivity index is 1.66. The predicted molar refractivity (Wildman–Crippen MR) is 120 cm³/mol. The number of hydrogen-bond acceptors (Lipinski definition) is 7. The number of ether oxygens (including phenoxy) is 2. The van der Waals surface area contributed by atoms with Gasteiger partial charge in [-0.05, 0) is 36.8 Å². The summed E-state index contributed by atoms with van der Waals surface area (Å²) < 4.78 is 13.5. The van der Waals surface area contributed by atoms with Gasteiger partial charge in [0.25, 0.3) is 5.56 Å². The Morgan fingerprint density at radius 1 is 1.15 bits per heavy atom. The van der Waals surface area contributed by atoms with Crippen molar-refractivity contribution in [3.05, 3.63) is 86.6 Å². The van der Waals surface area contributed by atoms with Crippen LogP contribution in [0.2, 0.25) is 0 Å². The average Bonchev–Trinajstić information content (AvgIpc) is 3.15. The van der Waals surface area contributed by atoms with E-state index < -0.39 is 23.3 Å². The molecule has 4 aromatic rings. The maximum atomic E-state index is 12.6. The van der Waals surface area contributed by atoms with Gasteiger partial charge in [-0.25, -0.2) is 9.59 Å². The molecule has 0 bridgehead atoms. The number of rotatable bonds is 7. The van der Waals surface area contributed by atoms with Gasteiger partial charge in [-0.15, -0.1) is 0 Å². The van der Waals surface area contributed by atoms with Gasteiger partial charge in [0.05, 0.1) is 12.1 Å². The van der Waals surface area contributed by atoms with Crippen molar-refractivity contribution in [1.29, 1.82) is 0 Å². The van der Waals surface area contributed by atoms with Crippen molar-refractivity contribution in [3.8, 4) is 11.8 Å². The molecule has 10 heteroatoms. The quantitative estimate of drug-likeness (QED) is 0.407. The molecule has 33 heavy (non-hydrogen) atoms. The highest BCUT2D eigenvalue weighted by Crippen LogP contribution is 2.20. The molecule has 2 heterocycles. The van der Waals surface area contributed by atoms with Crippen LogP contribution in [0.3, 0.4) is 0 Å². The van der Waals surface area contributed by atoms with Crippen LogP contribution in [0.25, 0.3) is 11.2 Å². The Labute approximate surface area is 187 Å². The fraction of sp³-hybridized carbons (Fsp3) is 0.217. The van der Waals surface area contributed by atoms with Crippen LogP contribution in [0.1, 0.15) is 15.9 Å². The van der Waals surface area contributed by atoms with Gasteiger partial charge in [0.15, 0.2) is 11.2 Å². The minimum atomic E-state index is -1.08. The molecule has 2 N–H and O–H groups in total. The lowest BCUT2D eigenvalue weighted by atomic mass is 10.2. The lowest BCUT2D eigenvalue weighted by Gasteiger charge is -2.15. The minimum Gasteiger partial charge on any atom is -0.491 e. The number of fused-ring (bicyclic) bond motifs is 1. The first-order chi connectivity index (χ1) is 15.8. The van der Waals surface area contributed by atoms with Crippen molar-refractivity contribution in [2.24, 2.45) is 7.05 Å². The number of esters is 1. The van der Waals surface area contributed by atoms with E-state index in [0.717, 1.165) is 10.1 Å². The van der Waals surface area contributed by atoms with Gasteiger partial charge in [0.1, 0.15) is 18.5 Å². The third-order valence-electron chi connectivity index (χ3n) is 4.99. The van der Waals surface area contributed by atoms with Crippen LogP contribution in [0.5, 0.6) is 11.8 Å². The summed E-state index contributed by atoms with van der Waals surface area (Å²) in [6.07, 6.45) is -1.08. The lowest BCUT2D eigenvalue weighted by Crippen LogP contribution is -2.30. The maximum Gasteiger partial charge on any atom is 0.345 e. The zero-order valence-electron chi connectivity index (χ0n) is 18.0. The molecule has 2 aromatic carbocycles. The average molecular weight is 450 g/mol. The molecule has 10 nitrogen and oxygen atoms in total. The second kappa shape index (κ2) is 9.13. The molecule has 0 radical (unpaired) electrons. The summed E-state index contributed by atoms with van der Waals surface area (Å²) in [6.45, 7) is 1.67. The summed E-state index contributed by atoms with van der Waals surface area (Å²) in [5, 5.41) is 10.6. The monoisotopic (exact) mass is 450 g/mol. The van der Waals surface area contributed by atoms with Gasteiger partial charge in [-0.3, -0.25) is 18.9 Å². The molecular formula is C23H22N4O6. The Morgan fingerprint density at radius 2 is 1.91 bits per heavy atom. The molecule has 1 atom stereocenters. The highest BCUT2D eigenvalue weighted by molar-refractivity contribution is 5.91. The van der Waals surface area contributed by atoms with Crippen LogP contribution in [0.15, 0.2) is 64.2 Å². The molecule has 0 spiro atoms. The molecule has 0 fully saturated rings. The van der Waals surface area contributed by atoms with E-state index in [1.54, 1.807) is 36.4 Å². The highest BCUT2D eigenvalue weighted by Gasteiger charge is 2.23. The molecule has 0 amide bonds. The summed E-state index contributed by atoms with van der Waals surface area (Å²) in [4.78, 5) is 43.5. The SMILES string of the molecule is Cc1cccc(OC[C@H](O)Cn2c(OC(=O)c3ccccc3)nc3c2c(=O)[nH]c(=O)n3C)c1. The van der Waals surface area contributed by atoms with Crippen LogP contribution in [-0.2, 0) is 13.6 Å². The first-order valence-corrected chi connectivity index (χ1v) is 10.2. The van der Waals surface area contributed by atoms with Crippen molar-refractivity contribution in [3.63, 3.8) is 0 Å². The van der Waals surface area contributed by atoms with E-state index in [-0.39, 0.29) is 35.9 Å². The van der Waals surface area contributed by atoms with Gasteiger partial charge in [-0.2, -0.15) is 4.98 Å². The molecule has 4 rings (SSSR count). The molecule has 0 saturated carbocycles. The second-order valence-electron chi connectivity index (χ2n) is 7.53. The summed E-state index contributed by atoms with van der Waals surface area (Å²) >= 11 is 0. The number of nitrogens with zero attached hydrogens (tertiary/aromatic N) is 3. The van der Waals surface area contributed by atoms with E-state index in [1.165, 1.54) is 11.6 Å². The van der Waals surface area contributed by atoms with Crippen molar-refractivity contribution >= 4 is 17.1 Å². The maximum absolute atomic E-state index is 12.6. The van der Waals surface area contributed by atoms with Crippen LogP contribution in [0.4, 0.5) is 0 Å². The number of aliphatic hydroxyl groups is 1. The number of imidazole rings is 1. The Kier molecular flexibility index (Phi) is 6.09. The summed E-state index contributed by atoms with van der Waals surface area (Å²) in [7, 11) is 1.43. The zero-order valence-corrected chi connectivity index (χ0v) is 18.0. The van der Waals surface area contributed by atoms with Crippen LogP contribution in [0, 0.1) is 6.92 Å². The van der Waals surface area contributed by atoms with Gasteiger partial charge < -0.3 is 14.6 Å². The Hall–Kier alpha value is -4.18. The Morgan fingerprint density at radius 3 is 2.64 bits per heavy atom. The van der Waals surface area contributed by atoms with E-state index in [9.17, 15) is 19.5 Å². The molecule has 0 aliphatic carbocycles. The van der Waals surface area contributed by atoms with Gasteiger partial charge in [0.2, 0.25) is 0 Å². The molecule has 0 aliphatic heterocycles. The van der Waals surface area contributed by atoms with E-state index in [0.29, 0.717) is 5.75 Å².